The highest BCUT2D eigenvalue weighted by Crippen LogP contribution is 2.31. The highest BCUT2D eigenvalue weighted by atomic mass is 32.2. The normalized spacial score (nSPS) is 21.5. The number of rotatable bonds is 10. The standard InChI is InChI=1S/C29H38N6O5S/c1-41(38,39)18-4-17-40-25-7-2-6-24-23(25)13-16-35(24)26-12-14-31-29(33-26)32-22-10-8-20(9-11-22)28(37)34-15-3-5-21(19-34)27(30)36/h2,6-7,12-14,16,20-22H,3-5,8-11,15,17-19H2,1H3,(H2,30,36)(H,31,32,33). The minimum atomic E-state index is -3.02. The number of anilines is 1. The molecule has 2 fully saturated rings. The molecule has 5 rings (SSSR count). The number of nitrogens with one attached hydrogen (secondary N) is 1. The van der Waals surface area contributed by atoms with E-state index in [1.165, 1.54) is 6.26 Å². The maximum Gasteiger partial charge on any atom is 0.225 e. The van der Waals surface area contributed by atoms with E-state index in [4.69, 9.17) is 15.5 Å². The molecule has 1 aliphatic carbocycles. The first-order chi connectivity index (χ1) is 19.7. The SMILES string of the molecule is CS(=O)(=O)CCCOc1cccc2c1ccn2-c1ccnc(NC2CCC(C(=O)N3CCCC(C(N)=O)C3)CC2)n1. The van der Waals surface area contributed by atoms with E-state index in [0.29, 0.717) is 43.6 Å². The number of nitrogens with two attached hydrogens (primary N) is 1. The van der Waals surface area contributed by atoms with Crippen LogP contribution >= 0.6 is 0 Å². The van der Waals surface area contributed by atoms with Gasteiger partial charge in [0.15, 0.2) is 0 Å². The Morgan fingerprint density at radius 2 is 1.90 bits per heavy atom. The lowest BCUT2D eigenvalue weighted by atomic mass is 9.84. The van der Waals surface area contributed by atoms with Gasteiger partial charge in [0.1, 0.15) is 21.4 Å². The largest absolute Gasteiger partial charge is 0.493 e. The zero-order valence-corrected chi connectivity index (χ0v) is 24.2. The molecule has 1 saturated carbocycles. The van der Waals surface area contributed by atoms with Crippen LogP contribution in [0.2, 0.25) is 0 Å². The van der Waals surface area contributed by atoms with Gasteiger partial charge in [-0.25, -0.2) is 13.4 Å². The van der Waals surface area contributed by atoms with Gasteiger partial charge in [0.2, 0.25) is 17.8 Å². The maximum absolute atomic E-state index is 13.1. The van der Waals surface area contributed by atoms with Gasteiger partial charge in [-0.1, -0.05) is 6.07 Å². The van der Waals surface area contributed by atoms with Crippen LogP contribution in [0.4, 0.5) is 5.95 Å². The molecule has 1 saturated heterocycles. The first-order valence-corrected chi connectivity index (χ1v) is 16.3. The number of hydrogen-bond acceptors (Lipinski definition) is 8. The Bertz CT molecular complexity index is 1500. The van der Waals surface area contributed by atoms with E-state index >= 15 is 0 Å². The number of nitrogens with zero attached hydrogens (tertiary/aromatic N) is 4. The van der Waals surface area contributed by atoms with Gasteiger partial charge in [0, 0.05) is 49.1 Å². The van der Waals surface area contributed by atoms with Crippen LogP contribution in [0.3, 0.4) is 0 Å². The van der Waals surface area contributed by atoms with Crippen LogP contribution in [0.1, 0.15) is 44.9 Å². The van der Waals surface area contributed by atoms with Gasteiger partial charge in [-0.05, 0) is 69.2 Å². The lowest BCUT2D eigenvalue weighted by Gasteiger charge is -2.36. The second kappa shape index (κ2) is 12.5. The third-order valence-corrected chi connectivity index (χ3v) is 9.07. The summed E-state index contributed by atoms with van der Waals surface area (Å²) in [5.74, 6) is 1.60. The second-order valence-corrected chi connectivity index (χ2v) is 13.4. The summed E-state index contributed by atoms with van der Waals surface area (Å²) >= 11 is 0. The van der Waals surface area contributed by atoms with Crippen molar-refractivity contribution in [2.75, 3.05) is 37.0 Å². The van der Waals surface area contributed by atoms with Crippen molar-refractivity contribution in [2.45, 2.75) is 51.0 Å². The molecule has 1 aliphatic heterocycles. The number of fused-ring (bicyclic) bond motifs is 1. The molecule has 2 aromatic heterocycles. The Hall–Kier alpha value is -3.67. The molecule has 11 nitrogen and oxygen atoms in total. The van der Waals surface area contributed by atoms with Gasteiger partial charge in [-0.2, -0.15) is 4.98 Å². The summed E-state index contributed by atoms with van der Waals surface area (Å²) in [4.78, 5) is 35.7. The molecule has 3 aromatic rings. The molecular weight excluding hydrogens is 544 g/mol. The van der Waals surface area contributed by atoms with Crippen molar-refractivity contribution in [3.63, 3.8) is 0 Å². The first kappa shape index (κ1) is 28.8. The summed E-state index contributed by atoms with van der Waals surface area (Å²) in [6.07, 6.45) is 10.1. The van der Waals surface area contributed by atoms with E-state index < -0.39 is 9.84 Å². The van der Waals surface area contributed by atoms with Crippen LogP contribution in [0, 0.1) is 11.8 Å². The average molecular weight is 583 g/mol. The number of sulfone groups is 1. The molecular formula is C29H38N6O5S. The number of amides is 2. The van der Waals surface area contributed by atoms with E-state index in [-0.39, 0.29) is 35.4 Å². The zero-order valence-electron chi connectivity index (χ0n) is 23.4. The number of benzene rings is 1. The highest BCUT2D eigenvalue weighted by molar-refractivity contribution is 7.90. The third kappa shape index (κ3) is 7.16. The van der Waals surface area contributed by atoms with Gasteiger partial charge >= 0.3 is 0 Å². The number of carbonyl (C=O) groups excluding carboxylic acids is 2. The van der Waals surface area contributed by atoms with E-state index in [9.17, 15) is 18.0 Å². The number of piperidine rings is 1. The quantitative estimate of drug-likeness (QED) is 0.347. The molecule has 2 aliphatic rings. The van der Waals surface area contributed by atoms with E-state index in [0.717, 1.165) is 49.4 Å². The molecule has 41 heavy (non-hydrogen) atoms. The summed E-state index contributed by atoms with van der Waals surface area (Å²) in [5.41, 5.74) is 6.41. The molecule has 3 heterocycles. The number of carbonyl (C=O) groups is 2. The molecule has 1 unspecified atom stereocenters. The number of primary amides is 1. The summed E-state index contributed by atoms with van der Waals surface area (Å²) in [6.45, 7) is 1.46. The molecule has 1 atom stereocenters. The lowest BCUT2D eigenvalue weighted by Crippen LogP contribution is -2.47. The maximum atomic E-state index is 13.1. The molecule has 0 spiro atoms. The summed E-state index contributed by atoms with van der Waals surface area (Å²) in [7, 11) is -3.02. The monoisotopic (exact) mass is 582 g/mol. The number of ether oxygens (including phenoxy) is 1. The van der Waals surface area contributed by atoms with Crippen molar-refractivity contribution >= 4 is 38.5 Å². The Kier molecular flexibility index (Phi) is 8.77. The van der Waals surface area contributed by atoms with Crippen LogP contribution in [0.15, 0.2) is 42.7 Å². The highest BCUT2D eigenvalue weighted by Gasteiger charge is 2.33. The van der Waals surface area contributed by atoms with Crippen molar-refractivity contribution in [1.29, 1.82) is 0 Å². The third-order valence-electron chi connectivity index (χ3n) is 8.04. The van der Waals surface area contributed by atoms with Crippen molar-refractivity contribution in [1.82, 2.24) is 19.4 Å². The molecule has 2 amide bonds. The van der Waals surface area contributed by atoms with Crippen LogP contribution < -0.4 is 15.8 Å². The second-order valence-electron chi connectivity index (χ2n) is 11.2. The summed E-state index contributed by atoms with van der Waals surface area (Å²) in [6, 6.07) is 9.74. The molecule has 1 aromatic carbocycles. The van der Waals surface area contributed by atoms with Crippen molar-refractivity contribution in [2.24, 2.45) is 17.6 Å². The Morgan fingerprint density at radius 3 is 2.66 bits per heavy atom. The lowest BCUT2D eigenvalue weighted by molar-refractivity contribution is -0.139. The van der Waals surface area contributed by atoms with Crippen molar-refractivity contribution in [3.05, 3.63) is 42.7 Å². The van der Waals surface area contributed by atoms with Crippen LogP contribution in [-0.4, -0.2) is 77.4 Å². The van der Waals surface area contributed by atoms with Gasteiger partial charge < -0.3 is 25.3 Å². The van der Waals surface area contributed by atoms with Crippen molar-refractivity contribution < 1.29 is 22.7 Å². The predicted molar refractivity (Wildman–Crippen MR) is 157 cm³/mol. The minimum Gasteiger partial charge on any atom is -0.493 e. The fraction of sp³-hybridized carbons (Fsp3) is 0.517. The minimum absolute atomic E-state index is 0.0269. The van der Waals surface area contributed by atoms with Crippen LogP contribution in [0.5, 0.6) is 5.75 Å². The fourth-order valence-electron chi connectivity index (χ4n) is 5.86. The van der Waals surface area contributed by atoms with E-state index in [1.807, 2.05) is 46.0 Å². The van der Waals surface area contributed by atoms with Crippen LogP contribution in [0.25, 0.3) is 16.7 Å². The molecule has 3 N–H and O–H groups in total. The number of aromatic nitrogens is 3. The number of hydrogen-bond donors (Lipinski definition) is 2. The molecule has 220 valence electrons. The Morgan fingerprint density at radius 1 is 1.10 bits per heavy atom. The molecule has 0 bridgehead atoms. The number of likely N-dealkylation sites (tertiary alicyclic amines) is 1. The van der Waals surface area contributed by atoms with E-state index in [2.05, 4.69) is 10.3 Å². The fourth-order valence-corrected chi connectivity index (χ4v) is 6.50. The zero-order chi connectivity index (χ0) is 29.0. The first-order valence-electron chi connectivity index (χ1n) is 14.3. The smallest absolute Gasteiger partial charge is 0.225 e. The molecule has 12 heteroatoms. The Balaban J connectivity index is 1.19. The molecule has 0 radical (unpaired) electrons. The van der Waals surface area contributed by atoms with Gasteiger partial charge in [-0.3, -0.25) is 9.59 Å². The average Bonchev–Trinajstić information content (AvgIpc) is 3.40. The topological polar surface area (TPSA) is 150 Å². The van der Waals surface area contributed by atoms with E-state index in [1.54, 1.807) is 6.20 Å². The van der Waals surface area contributed by atoms with Gasteiger partial charge in [0.05, 0.1) is 23.8 Å². The van der Waals surface area contributed by atoms with Gasteiger partial charge in [0.25, 0.3) is 0 Å². The Labute approximate surface area is 240 Å². The van der Waals surface area contributed by atoms with Crippen molar-refractivity contribution in [3.8, 4) is 11.6 Å². The summed E-state index contributed by atoms with van der Waals surface area (Å²) in [5, 5.41) is 4.37. The van der Waals surface area contributed by atoms with Crippen LogP contribution in [-0.2, 0) is 19.4 Å². The summed E-state index contributed by atoms with van der Waals surface area (Å²) < 4.78 is 30.7. The predicted octanol–water partition coefficient (Wildman–Crippen LogP) is 2.93. The van der Waals surface area contributed by atoms with Gasteiger partial charge in [-0.15, -0.1) is 0 Å².